The Hall–Kier alpha value is -1.05. The molecule has 1 heterocycles. The van der Waals surface area contributed by atoms with Gasteiger partial charge >= 0.3 is 0 Å². The molecule has 90 valence electrons. The summed E-state index contributed by atoms with van der Waals surface area (Å²) in [5.41, 5.74) is 1.58. The molecule has 0 aliphatic carbocycles. The van der Waals surface area contributed by atoms with Crippen molar-refractivity contribution in [2.45, 2.75) is 31.9 Å². The molecule has 1 saturated heterocycles. The van der Waals surface area contributed by atoms with Gasteiger partial charge in [-0.05, 0) is 47.8 Å². The average molecular weight is 295 g/mol. The largest absolute Gasteiger partial charge is 0.381 e. The Morgan fingerprint density at radius 1 is 1.53 bits per heavy atom. The quantitative estimate of drug-likeness (QED) is 0.910. The first-order valence-electron chi connectivity index (χ1n) is 5.77. The molecule has 2 unspecified atom stereocenters. The smallest absolute Gasteiger partial charge is 0.103 e. The Morgan fingerprint density at radius 2 is 2.35 bits per heavy atom. The van der Waals surface area contributed by atoms with Gasteiger partial charge in [0.05, 0.1) is 17.4 Å². The maximum atomic E-state index is 9.14. The van der Waals surface area contributed by atoms with Crippen molar-refractivity contribution in [1.82, 2.24) is 0 Å². The predicted molar refractivity (Wildman–Crippen MR) is 70.9 cm³/mol. The molecule has 2 atom stereocenters. The Balaban J connectivity index is 2.13. The average Bonchev–Trinajstić information content (AvgIpc) is 2.29. The number of nitrogens with one attached hydrogen (secondary N) is 1. The van der Waals surface area contributed by atoms with Crippen LogP contribution in [0.2, 0.25) is 0 Å². The summed E-state index contributed by atoms with van der Waals surface area (Å²) < 4.78 is 6.35. The zero-order valence-electron chi connectivity index (χ0n) is 9.74. The van der Waals surface area contributed by atoms with Crippen LogP contribution in [-0.2, 0) is 4.74 Å². The number of halogens is 1. The van der Waals surface area contributed by atoms with E-state index in [0.717, 1.165) is 29.6 Å². The third-order valence-corrected chi connectivity index (χ3v) is 3.63. The Labute approximate surface area is 110 Å². The number of nitrogens with zero attached hydrogens (tertiary/aromatic N) is 1. The van der Waals surface area contributed by atoms with Crippen LogP contribution in [0.4, 0.5) is 5.69 Å². The Kier molecular flexibility index (Phi) is 4.03. The van der Waals surface area contributed by atoms with Gasteiger partial charge in [0.15, 0.2) is 0 Å². The molecular formula is C13H15BrN2O. The molecule has 1 aromatic rings. The fraction of sp³-hybridized carbons (Fsp3) is 0.462. The second-order valence-corrected chi connectivity index (χ2v) is 5.18. The molecule has 3 nitrogen and oxygen atoms in total. The first kappa shape index (κ1) is 12.4. The first-order chi connectivity index (χ1) is 8.20. The van der Waals surface area contributed by atoms with Gasteiger partial charge in [-0.15, -0.1) is 0 Å². The van der Waals surface area contributed by atoms with Gasteiger partial charge in [-0.25, -0.2) is 0 Å². The molecule has 0 radical (unpaired) electrons. The van der Waals surface area contributed by atoms with Crippen molar-refractivity contribution in [1.29, 1.82) is 5.26 Å². The number of rotatable bonds is 2. The SMILES string of the molecule is CC1CC(Nc2cccc(Br)c2C#N)CCO1. The number of benzene rings is 1. The van der Waals surface area contributed by atoms with Crippen LogP contribution >= 0.6 is 15.9 Å². The third kappa shape index (κ3) is 2.99. The summed E-state index contributed by atoms with van der Waals surface area (Å²) >= 11 is 3.40. The summed E-state index contributed by atoms with van der Waals surface area (Å²) in [5, 5.41) is 12.6. The van der Waals surface area contributed by atoms with Crippen molar-refractivity contribution in [3.63, 3.8) is 0 Å². The van der Waals surface area contributed by atoms with Crippen LogP contribution in [0.5, 0.6) is 0 Å². The number of hydrogen-bond donors (Lipinski definition) is 1. The Bertz CT molecular complexity index is 442. The van der Waals surface area contributed by atoms with Gasteiger partial charge in [0.25, 0.3) is 0 Å². The van der Waals surface area contributed by atoms with Crippen molar-refractivity contribution in [2.24, 2.45) is 0 Å². The summed E-state index contributed by atoms with van der Waals surface area (Å²) in [6.07, 6.45) is 2.26. The summed E-state index contributed by atoms with van der Waals surface area (Å²) in [6, 6.07) is 8.39. The second kappa shape index (κ2) is 5.52. The zero-order chi connectivity index (χ0) is 12.3. The van der Waals surface area contributed by atoms with E-state index in [9.17, 15) is 0 Å². The van der Waals surface area contributed by atoms with Gasteiger partial charge in [0, 0.05) is 17.1 Å². The number of anilines is 1. The van der Waals surface area contributed by atoms with Gasteiger partial charge in [-0.2, -0.15) is 5.26 Å². The minimum atomic E-state index is 0.291. The highest BCUT2D eigenvalue weighted by Gasteiger charge is 2.20. The van der Waals surface area contributed by atoms with E-state index in [-0.39, 0.29) is 0 Å². The molecule has 1 aliphatic heterocycles. The van der Waals surface area contributed by atoms with Crippen LogP contribution in [0, 0.1) is 11.3 Å². The minimum Gasteiger partial charge on any atom is -0.381 e. The topological polar surface area (TPSA) is 45.0 Å². The maximum Gasteiger partial charge on any atom is 0.103 e. The molecule has 4 heteroatoms. The van der Waals surface area contributed by atoms with Crippen molar-refractivity contribution < 1.29 is 4.74 Å². The highest BCUT2D eigenvalue weighted by Crippen LogP contribution is 2.26. The number of nitriles is 1. The normalized spacial score (nSPS) is 24.1. The third-order valence-electron chi connectivity index (χ3n) is 2.97. The molecule has 1 fully saturated rings. The van der Waals surface area contributed by atoms with Crippen LogP contribution in [-0.4, -0.2) is 18.8 Å². The van der Waals surface area contributed by atoms with Crippen molar-refractivity contribution in [3.8, 4) is 6.07 Å². The van der Waals surface area contributed by atoms with E-state index < -0.39 is 0 Å². The van der Waals surface area contributed by atoms with E-state index in [4.69, 9.17) is 10.00 Å². The first-order valence-corrected chi connectivity index (χ1v) is 6.56. The summed E-state index contributed by atoms with van der Waals surface area (Å²) in [6.45, 7) is 2.87. The molecule has 0 bridgehead atoms. The molecule has 0 aromatic heterocycles. The lowest BCUT2D eigenvalue weighted by molar-refractivity contribution is 0.0232. The van der Waals surface area contributed by atoms with Crippen LogP contribution in [0.15, 0.2) is 22.7 Å². The number of ether oxygens (including phenoxy) is 1. The second-order valence-electron chi connectivity index (χ2n) is 4.32. The highest BCUT2D eigenvalue weighted by atomic mass is 79.9. The fourth-order valence-electron chi connectivity index (χ4n) is 2.11. The summed E-state index contributed by atoms with van der Waals surface area (Å²) in [7, 11) is 0. The summed E-state index contributed by atoms with van der Waals surface area (Å²) in [4.78, 5) is 0. The molecule has 17 heavy (non-hydrogen) atoms. The van der Waals surface area contributed by atoms with Gasteiger partial charge in [0.2, 0.25) is 0 Å². The van der Waals surface area contributed by atoms with Crippen LogP contribution in [0.3, 0.4) is 0 Å². The number of hydrogen-bond acceptors (Lipinski definition) is 3. The molecule has 0 amide bonds. The van der Waals surface area contributed by atoms with E-state index in [0.29, 0.717) is 17.7 Å². The lowest BCUT2D eigenvalue weighted by Gasteiger charge is -2.29. The van der Waals surface area contributed by atoms with Gasteiger partial charge in [-0.3, -0.25) is 0 Å². The molecule has 1 aliphatic rings. The molecule has 2 rings (SSSR count). The van der Waals surface area contributed by atoms with E-state index >= 15 is 0 Å². The maximum absolute atomic E-state index is 9.14. The summed E-state index contributed by atoms with van der Waals surface area (Å²) in [5.74, 6) is 0. The molecule has 1 N–H and O–H groups in total. The van der Waals surface area contributed by atoms with Gasteiger partial charge < -0.3 is 10.1 Å². The highest BCUT2D eigenvalue weighted by molar-refractivity contribution is 9.10. The van der Waals surface area contributed by atoms with E-state index in [1.165, 1.54) is 0 Å². The molecular weight excluding hydrogens is 280 g/mol. The van der Waals surface area contributed by atoms with E-state index in [1.54, 1.807) is 0 Å². The van der Waals surface area contributed by atoms with E-state index in [2.05, 4.69) is 34.2 Å². The van der Waals surface area contributed by atoms with Crippen LogP contribution in [0.1, 0.15) is 25.3 Å². The minimum absolute atomic E-state index is 0.291. The van der Waals surface area contributed by atoms with Crippen LogP contribution < -0.4 is 5.32 Å². The lowest BCUT2D eigenvalue weighted by Crippen LogP contribution is -2.32. The van der Waals surface area contributed by atoms with Gasteiger partial charge in [0.1, 0.15) is 6.07 Å². The zero-order valence-corrected chi connectivity index (χ0v) is 11.3. The lowest BCUT2D eigenvalue weighted by atomic mass is 10.0. The Morgan fingerprint density at radius 3 is 3.06 bits per heavy atom. The van der Waals surface area contributed by atoms with Crippen molar-refractivity contribution in [3.05, 3.63) is 28.2 Å². The predicted octanol–water partition coefficient (Wildman–Crippen LogP) is 3.30. The van der Waals surface area contributed by atoms with Crippen LogP contribution in [0.25, 0.3) is 0 Å². The standard InChI is InChI=1S/C13H15BrN2O/c1-9-7-10(5-6-17-9)16-13-4-2-3-12(14)11(13)8-15/h2-4,9-10,16H,5-7H2,1H3. The monoisotopic (exact) mass is 294 g/mol. The van der Waals surface area contributed by atoms with Gasteiger partial charge in [-0.1, -0.05) is 6.07 Å². The fourth-order valence-corrected chi connectivity index (χ4v) is 2.56. The van der Waals surface area contributed by atoms with Crippen molar-refractivity contribution in [2.75, 3.05) is 11.9 Å². The molecule has 1 aromatic carbocycles. The molecule has 0 saturated carbocycles. The molecule has 0 spiro atoms. The van der Waals surface area contributed by atoms with Crippen molar-refractivity contribution >= 4 is 21.6 Å². The van der Waals surface area contributed by atoms with E-state index in [1.807, 2.05) is 18.2 Å².